The third-order valence-corrected chi connectivity index (χ3v) is 4.17. The fourth-order valence-corrected chi connectivity index (χ4v) is 2.63. The molecule has 128 valence electrons. The van der Waals surface area contributed by atoms with Crippen molar-refractivity contribution < 1.29 is 0 Å². The van der Waals surface area contributed by atoms with Crippen LogP contribution < -0.4 is 0 Å². The molecule has 0 saturated heterocycles. The summed E-state index contributed by atoms with van der Waals surface area (Å²) in [7, 11) is 0. The van der Waals surface area contributed by atoms with Gasteiger partial charge in [0.2, 0.25) is 0 Å². The molecule has 4 aromatic rings. The van der Waals surface area contributed by atoms with Crippen LogP contribution in [0.4, 0.5) is 0 Å². The minimum absolute atomic E-state index is 1.03. The highest BCUT2D eigenvalue weighted by atomic mass is 14.7. The molecule has 1 nitrogen and oxygen atoms in total. The van der Waals surface area contributed by atoms with E-state index in [9.17, 15) is 0 Å². The summed E-state index contributed by atoms with van der Waals surface area (Å²) in [6.45, 7) is 4.19. The molecule has 1 aromatic heterocycles. The molecule has 0 atom stereocenters. The summed E-state index contributed by atoms with van der Waals surface area (Å²) >= 11 is 0. The Bertz CT molecular complexity index is 828. The van der Waals surface area contributed by atoms with E-state index in [1.54, 1.807) is 0 Å². The lowest BCUT2D eigenvalue weighted by molar-refractivity contribution is 1.32. The summed E-state index contributed by atoms with van der Waals surface area (Å²) in [6, 6.07) is 33.4. The second kappa shape index (κ2) is 8.77. The fraction of sp³-hybridized carbons (Fsp3) is 0.0800. The molecule has 0 unspecified atom stereocenters. The Hall–Kier alpha value is -3.19. The summed E-state index contributed by atoms with van der Waals surface area (Å²) in [5, 5.41) is 0. The van der Waals surface area contributed by atoms with Crippen molar-refractivity contribution >= 4 is 0 Å². The van der Waals surface area contributed by atoms with Crippen LogP contribution in [0.2, 0.25) is 0 Å². The van der Waals surface area contributed by atoms with E-state index in [0.29, 0.717) is 0 Å². The second-order valence-electron chi connectivity index (χ2n) is 6.31. The van der Waals surface area contributed by atoms with Gasteiger partial charge in [0, 0.05) is 11.8 Å². The average Bonchev–Trinajstić information content (AvgIpc) is 2.71. The van der Waals surface area contributed by atoms with Crippen molar-refractivity contribution in [1.82, 2.24) is 4.98 Å². The molecular weight excluding hydrogens is 314 g/mol. The van der Waals surface area contributed by atoms with Gasteiger partial charge in [-0.25, -0.2) is 0 Å². The number of benzene rings is 3. The van der Waals surface area contributed by atoms with E-state index in [1.165, 1.54) is 27.8 Å². The molecular formula is C25H23N. The molecule has 0 amide bonds. The Balaban J connectivity index is 0.000000151. The first-order valence-electron chi connectivity index (χ1n) is 8.82. The van der Waals surface area contributed by atoms with E-state index in [1.807, 2.05) is 30.5 Å². The highest BCUT2D eigenvalue weighted by molar-refractivity contribution is 5.63. The molecule has 1 heteroatoms. The highest BCUT2D eigenvalue weighted by Crippen LogP contribution is 2.18. The van der Waals surface area contributed by atoms with E-state index in [0.717, 1.165) is 5.69 Å². The van der Waals surface area contributed by atoms with Gasteiger partial charge in [-0.1, -0.05) is 96.1 Å². The largest absolute Gasteiger partial charge is 0.256 e. The summed E-state index contributed by atoms with van der Waals surface area (Å²) in [5.74, 6) is 0. The first kappa shape index (κ1) is 17.6. The topological polar surface area (TPSA) is 12.9 Å². The van der Waals surface area contributed by atoms with Gasteiger partial charge < -0.3 is 0 Å². The van der Waals surface area contributed by atoms with Crippen LogP contribution in [0, 0.1) is 13.8 Å². The maximum Gasteiger partial charge on any atom is 0.0701 e. The standard InChI is InChI=1S/C13H12.C12H11N/c1-11-7-9-13(10-8-11)12-5-3-2-4-6-12;1-10-5-7-11(8-6-10)12-4-2-3-9-13-12/h2-10H,1H3;2-9H,1H3. The summed E-state index contributed by atoms with van der Waals surface area (Å²) < 4.78 is 0. The quantitative estimate of drug-likeness (QED) is 0.396. The third kappa shape index (κ3) is 4.90. The van der Waals surface area contributed by atoms with Crippen molar-refractivity contribution in [3.05, 3.63) is 114 Å². The van der Waals surface area contributed by atoms with Crippen LogP contribution in [-0.2, 0) is 0 Å². The van der Waals surface area contributed by atoms with Crippen molar-refractivity contribution in [2.24, 2.45) is 0 Å². The first-order chi connectivity index (χ1) is 12.7. The Morgan fingerprint density at radius 3 is 1.50 bits per heavy atom. The van der Waals surface area contributed by atoms with E-state index >= 15 is 0 Å². The molecule has 4 rings (SSSR count). The molecule has 3 aromatic carbocycles. The van der Waals surface area contributed by atoms with Gasteiger partial charge in [-0.2, -0.15) is 0 Å². The van der Waals surface area contributed by atoms with Crippen molar-refractivity contribution in [2.45, 2.75) is 13.8 Å². The fourth-order valence-electron chi connectivity index (χ4n) is 2.63. The van der Waals surface area contributed by atoms with Crippen molar-refractivity contribution in [2.75, 3.05) is 0 Å². The van der Waals surface area contributed by atoms with E-state index in [4.69, 9.17) is 0 Å². The zero-order valence-corrected chi connectivity index (χ0v) is 15.3. The summed E-state index contributed by atoms with van der Waals surface area (Å²) in [5.41, 5.74) is 7.35. The van der Waals surface area contributed by atoms with Gasteiger partial charge in [0.1, 0.15) is 0 Å². The van der Waals surface area contributed by atoms with Crippen LogP contribution in [0.15, 0.2) is 103 Å². The van der Waals surface area contributed by atoms with Gasteiger partial charge >= 0.3 is 0 Å². The molecule has 0 fully saturated rings. The minimum atomic E-state index is 1.03. The number of aryl methyl sites for hydroxylation is 2. The SMILES string of the molecule is Cc1ccc(-c2ccccc2)cc1.Cc1ccc(-c2ccccn2)cc1. The van der Waals surface area contributed by atoms with E-state index < -0.39 is 0 Å². The van der Waals surface area contributed by atoms with Crippen molar-refractivity contribution in [3.8, 4) is 22.4 Å². The normalized spacial score (nSPS) is 9.92. The number of rotatable bonds is 2. The van der Waals surface area contributed by atoms with Gasteiger partial charge in [0.05, 0.1) is 5.69 Å². The number of pyridine rings is 1. The smallest absolute Gasteiger partial charge is 0.0701 e. The van der Waals surface area contributed by atoms with E-state index in [-0.39, 0.29) is 0 Å². The van der Waals surface area contributed by atoms with Crippen molar-refractivity contribution in [1.29, 1.82) is 0 Å². The molecule has 0 N–H and O–H groups in total. The monoisotopic (exact) mass is 337 g/mol. The van der Waals surface area contributed by atoms with Crippen LogP contribution in [0.3, 0.4) is 0 Å². The van der Waals surface area contributed by atoms with Crippen LogP contribution in [0.25, 0.3) is 22.4 Å². The van der Waals surface area contributed by atoms with Gasteiger partial charge in [-0.15, -0.1) is 0 Å². The molecule has 0 bridgehead atoms. The lowest BCUT2D eigenvalue weighted by Crippen LogP contribution is -1.81. The Morgan fingerprint density at radius 1 is 0.462 bits per heavy atom. The number of nitrogens with zero attached hydrogens (tertiary/aromatic N) is 1. The molecule has 0 radical (unpaired) electrons. The highest BCUT2D eigenvalue weighted by Gasteiger charge is 1.95. The summed E-state index contributed by atoms with van der Waals surface area (Å²) in [4.78, 5) is 4.28. The lowest BCUT2D eigenvalue weighted by Gasteiger charge is -2.00. The number of aromatic nitrogens is 1. The van der Waals surface area contributed by atoms with Crippen LogP contribution in [0.5, 0.6) is 0 Å². The lowest BCUT2D eigenvalue weighted by atomic mass is 10.0. The Labute approximate surface area is 156 Å². The van der Waals surface area contributed by atoms with Crippen molar-refractivity contribution in [3.63, 3.8) is 0 Å². The maximum absolute atomic E-state index is 4.28. The average molecular weight is 337 g/mol. The zero-order valence-electron chi connectivity index (χ0n) is 15.3. The molecule has 1 heterocycles. The van der Waals surface area contributed by atoms with Gasteiger partial charge in [0.25, 0.3) is 0 Å². The molecule has 0 saturated carbocycles. The molecule has 0 spiro atoms. The molecule has 26 heavy (non-hydrogen) atoms. The molecule has 0 aliphatic rings. The Kier molecular flexibility index (Phi) is 5.95. The van der Waals surface area contributed by atoms with E-state index in [2.05, 4.69) is 91.6 Å². The second-order valence-corrected chi connectivity index (χ2v) is 6.31. The van der Waals surface area contributed by atoms with Crippen LogP contribution >= 0.6 is 0 Å². The first-order valence-corrected chi connectivity index (χ1v) is 8.82. The van der Waals surface area contributed by atoms with Crippen LogP contribution in [-0.4, -0.2) is 4.98 Å². The van der Waals surface area contributed by atoms with Gasteiger partial charge in [0.15, 0.2) is 0 Å². The zero-order chi connectivity index (χ0) is 18.2. The third-order valence-electron chi connectivity index (χ3n) is 4.17. The minimum Gasteiger partial charge on any atom is -0.256 e. The predicted octanol–water partition coefficient (Wildman–Crippen LogP) is 6.72. The maximum atomic E-state index is 4.28. The molecule has 0 aliphatic carbocycles. The Morgan fingerprint density at radius 2 is 0.962 bits per heavy atom. The number of hydrogen-bond acceptors (Lipinski definition) is 1. The van der Waals surface area contributed by atoms with Gasteiger partial charge in [-0.05, 0) is 37.1 Å². The number of hydrogen-bond donors (Lipinski definition) is 0. The summed E-state index contributed by atoms with van der Waals surface area (Å²) in [6.07, 6.45) is 1.81. The molecule has 0 aliphatic heterocycles. The predicted molar refractivity (Wildman–Crippen MR) is 111 cm³/mol. The van der Waals surface area contributed by atoms with Crippen LogP contribution in [0.1, 0.15) is 11.1 Å². The van der Waals surface area contributed by atoms with Gasteiger partial charge in [-0.3, -0.25) is 4.98 Å².